The highest BCUT2D eigenvalue weighted by molar-refractivity contribution is 8.01. The van der Waals surface area contributed by atoms with Crippen LogP contribution < -0.4 is 0 Å². The smallest absolute Gasteiger partial charge is 0.410 e. The van der Waals surface area contributed by atoms with Crippen molar-refractivity contribution in [2.75, 3.05) is 7.05 Å². The number of thiazole rings is 1. The van der Waals surface area contributed by atoms with Crippen molar-refractivity contribution >= 4 is 40.8 Å². The second kappa shape index (κ2) is 9.32. The van der Waals surface area contributed by atoms with E-state index in [1.807, 2.05) is 26.8 Å². The molecule has 0 radical (unpaired) electrons. The molecule has 30 heavy (non-hydrogen) atoms. The van der Waals surface area contributed by atoms with Crippen molar-refractivity contribution in [1.29, 1.82) is 0 Å². The number of aromatic nitrogens is 2. The number of hydrogen-bond acceptors (Lipinski definition) is 6. The number of benzene rings is 1. The summed E-state index contributed by atoms with van der Waals surface area (Å²) in [5, 5.41) is 0.974. The molecular formula is C21H21ClFN3O2S2. The van der Waals surface area contributed by atoms with E-state index in [1.54, 1.807) is 37.5 Å². The van der Waals surface area contributed by atoms with E-state index >= 15 is 0 Å². The Kier molecular flexibility index (Phi) is 7.00. The maximum atomic E-state index is 14.4. The third kappa shape index (κ3) is 5.50. The van der Waals surface area contributed by atoms with Crippen molar-refractivity contribution in [3.8, 4) is 11.3 Å². The van der Waals surface area contributed by atoms with Crippen molar-refractivity contribution < 1.29 is 13.9 Å². The number of hydrogen-bond donors (Lipinski definition) is 0. The van der Waals surface area contributed by atoms with Gasteiger partial charge in [-0.2, -0.15) is 0 Å². The Morgan fingerprint density at radius 3 is 2.63 bits per heavy atom. The van der Waals surface area contributed by atoms with E-state index in [1.165, 1.54) is 34.1 Å². The van der Waals surface area contributed by atoms with Crippen LogP contribution >= 0.6 is 34.7 Å². The Bertz CT molecular complexity index is 1040. The van der Waals surface area contributed by atoms with Gasteiger partial charge in [0.15, 0.2) is 0 Å². The minimum atomic E-state index is -0.443. The zero-order valence-corrected chi connectivity index (χ0v) is 19.4. The van der Waals surface area contributed by atoms with E-state index < -0.39 is 6.09 Å². The molecule has 0 aliphatic rings. The summed E-state index contributed by atoms with van der Waals surface area (Å²) in [5.74, 6) is -0.366. The van der Waals surface area contributed by atoms with Crippen molar-refractivity contribution in [3.63, 3.8) is 0 Å². The topological polar surface area (TPSA) is 55.3 Å². The maximum Gasteiger partial charge on any atom is 0.410 e. The van der Waals surface area contributed by atoms with Crippen molar-refractivity contribution in [2.24, 2.45) is 0 Å². The average molecular weight is 466 g/mol. The molecule has 0 fully saturated rings. The number of carbonyl (C=O) groups excluding carboxylic acids is 1. The summed E-state index contributed by atoms with van der Waals surface area (Å²) < 4.78 is 20.6. The van der Waals surface area contributed by atoms with Gasteiger partial charge >= 0.3 is 6.09 Å². The van der Waals surface area contributed by atoms with Gasteiger partial charge in [0, 0.05) is 29.2 Å². The standard InChI is InChI=1S/C21H21ClFN3O2S2/c1-21(2,3)26(4)20(27)28-12-17-25-18(14-7-5-6-8-15(14)23)19(30-17)29-13-9-10-16(22)24-11-13/h5-11H,12H2,1-4H3. The van der Waals surface area contributed by atoms with Crippen LogP contribution in [0.15, 0.2) is 51.7 Å². The predicted octanol–water partition coefficient (Wildman–Crippen LogP) is 6.52. The molecule has 0 N–H and O–H groups in total. The van der Waals surface area contributed by atoms with Gasteiger partial charge in [-0.1, -0.05) is 35.5 Å². The van der Waals surface area contributed by atoms with Crippen LogP contribution in [0.1, 0.15) is 25.8 Å². The molecule has 3 aromatic rings. The first-order valence-electron chi connectivity index (χ1n) is 9.10. The van der Waals surface area contributed by atoms with Crippen LogP contribution in [0.3, 0.4) is 0 Å². The maximum absolute atomic E-state index is 14.4. The van der Waals surface area contributed by atoms with E-state index in [0.29, 0.717) is 21.4 Å². The van der Waals surface area contributed by atoms with E-state index in [2.05, 4.69) is 9.97 Å². The number of halogens is 2. The number of ether oxygens (including phenoxy) is 1. The van der Waals surface area contributed by atoms with Gasteiger partial charge in [0.05, 0.1) is 9.90 Å². The number of nitrogens with zero attached hydrogens (tertiary/aromatic N) is 3. The third-order valence-corrected chi connectivity index (χ3v) is 6.68. The zero-order valence-electron chi connectivity index (χ0n) is 17.0. The van der Waals surface area contributed by atoms with E-state index in [9.17, 15) is 9.18 Å². The van der Waals surface area contributed by atoms with Gasteiger partial charge in [0.1, 0.15) is 22.6 Å². The fourth-order valence-electron chi connectivity index (χ4n) is 2.33. The second-order valence-corrected chi connectivity index (χ2v) is 10.2. The van der Waals surface area contributed by atoms with Crippen molar-refractivity contribution in [1.82, 2.24) is 14.9 Å². The van der Waals surface area contributed by atoms with Gasteiger partial charge in [0.25, 0.3) is 0 Å². The highest BCUT2D eigenvalue weighted by atomic mass is 35.5. The molecular weight excluding hydrogens is 445 g/mol. The molecule has 0 aliphatic heterocycles. The number of pyridine rings is 1. The Labute approximate surface area is 188 Å². The number of carbonyl (C=O) groups is 1. The van der Waals surface area contributed by atoms with E-state index in [4.69, 9.17) is 16.3 Å². The Morgan fingerprint density at radius 1 is 1.27 bits per heavy atom. The summed E-state index contributed by atoms with van der Waals surface area (Å²) in [7, 11) is 1.68. The van der Waals surface area contributed by atoms with Crippen LogP contribution in [0.5, 0.6) is 0 Å². The number of amides is 1. The molecule has 0 aliphatic carbocycles. The fourth-order valence-corrected chi connectivity index (χ4v) is 4.61. The summed E-state index contributed by atoms with van der Waals surface area (Å²) in [6.07, 6.45) is 1.21. The summed E-state index contributed by atoms with van der Waals surface area (Å²) in [4.78, 5) is 23.3. The summed E-state index contributed by atoms with van der Waals surface area (Å²) in [5.41, 5.74) is 0.539. The minimum absolute atomic E-state index is 0.00476. The fraction of sp³-hybridized carbons (Fsp3) is 0.286. The van der Waals surface area contributed by atoms with Crippen LogP contribution in [-0.2, 0) is 11.3 Å². The largest absolute Gasteiger partial charge is 0.442 e. The van der Waals surface area contributed by atoms with Crippen LogP contribution in [0.2, 0.25) is 5.15 Å². The first kappa shape index (κ1) is 22.5. The van der Waals surface area contributed by atoms with Gasteiger partial charge in [-0.05, 0) is 45.0 Å². The lowest BCUT2D eigenvalue weighted by Crippen LogP contribution is -2.42. The lowest BCUT2D eigenvalue weighted by Gasteiger charge is -2.30. The second-order valence-electron chi connectivity index (χ2n) is 7.43. The average Bonchev–Trinajstić information content (AvgIpc) is 3.09. The molecule has 0 bridgehead atoms. The van der Waals surface area contributed by atoms with Crippen molar-refractivity contribution in [2.45, 2.75) is 42.0 Å². The summed E-state index contributed by atoms with van der Waals surface area (Å²) in [6, 6.07) is 9.99. The van der Waals surface area contributed by atoms with Gasteiger partial charge in [-0.3, -0.25) is 0 Å². The monoisotopic (exact) mass is 465 g/mol. The Balaban J connectivity index is 1.87. The third-order valence-electron chi connectivity index (χ3n) is 4.28. The lowest BCUT2D eigenvalue weighted by atomic mass is 10.1. The molecule has 2 heterocycles. The Morgan fingerprint density at radius 2 is 2.00 bits per heavy atom. The Hall–Kier alpha value is -2.16. The van der Waals surface area contributed by atoms with E-state index in [0.717, 1.165) is 9.10 Å². The first-order valence-corrected chi connectivity index (χ1v) is 11.1. The SMILES string of the molecule is CN(C(=O)OCc1nc(-c2ccccc2F)c(Sc2ccc(Cl)nc2)s1)C(C)(C)C. The van der Waals surface area contributed by atoms with Gasteiger partial charge < -0.3 is 9.64 Å². The molecule has 158 valence electrons. The van der Waals surface area contributed by atoms with Crippen LogP contribution in [0, 0.1) is 5.82 Å². The summed E-state index contributed by atoms with van der Waals surface area (Å²) >= 11 is 8.62. The molecule has 5 nitrogen and oxygen atoms in total. The van der Waals surface area contributed by atoms with E-state index in [-0.39, 0.29) is 18.0 Å². The lowest BCUT2D eigenvalue weighted by molar-refractivity contribution is 0.0759. The number of rotatable bonds is 5. The molecule has 3 rings (SSSR count). The molecule has 1 amide bonds. The highest BCUT2D eigenvalue weighted by Crippen LogP contribution is 2.41. The molecule has 0 atom stereocenters. The summed E-state index contributed by atoms with van der Waals surface area (Å²) in [6.45, 7) is 5.76. The first-order chi connectivity index (χ1) is 14.1. The molecule has 0 spiro atoms. The molecule has 1 aromatic carbocycles. The zero-order chi connectivity index (χ0) is 21.9. The molecule has 0 saturated carbocycles. The highest BCUT2D eigenvalue weighted by Gasteiger charge is 2.24. The normalized spacial score (nSPS) is 11.4. The van der Waals surface area contributed by atoms with Crippen LogP contribution in [0.25, 0.3) is 11.3 Å². The van der Waals surface area contributed by atoms with Crippen LogP contribution in [-0.4, -0.2) is 33.5 Å². The quantitative estimate of drug-likeness (QED) is 0.401. The molecule has 0 unspecified atom stereocenters. The van der Waals surface area contributed by atoms with Gasteiger partial charge in [-0.15, -0.1) is 11.3 Å². The van der Waals surface area contributed by atoms with Crippen LogP contribution in [0.4, 0.5) is 9.18 Å². The van der Waals surface area contributed by atoms with Gasteiger partial charge in [-0.25, -0.2) is 19.2 Å². The van der Waals surface area contributed by atoms with Gasteiger partial charge in [0.2, 0.25) is 0 Å². The minimum Gasteiger partial charge on any atom is -0.442 e. The molecule has 9 heteroatoms. The van der Waals surface area contributed by atoms with Crippen molar-refractivity contribution in [3.05, 3.63) is 58.6 Å². The predicted molar refractivity (Wildman–Crippen MR) is 119 cm³/mol. The molecule has 2 aromatic heterocycles. The molecule has 0 saturated heterocycles.